The Kier molecular flexibility index (Phi) is 7.36. The van der Waals surface area contributed by atoms with Crippen molar-refractivity contribution in [3.8, 4) is 0 Å². The quantitative estimate of drug-likeness (QED) is 0.609. The third-order valence-corrected chi connectivity index (χ3v) is 9.28. The molecule has 0 aromatic carbocycles. The minimum Gasteiger partial charge on any atom is -0.388 e. The zero-order valence-electron chi connectivity index (χ0n) is 20.7. The molecule has 3 saturated carbocycles. The van der Waals surface area contributed by atoms with Crippen LogP contribution in [0.4, 0.5) is 0 Å². The lowest BCUT2D eigenvalue weighted by molar-refractivity contribution is -0.0596. The van der Waals surface area contributed by atoms with Crippen molar-refractivity contribution in [2.24, 2.45) is 23.2 Å². The Balaban J connectivity index is 1.45. The fourth-order valence-corrected chi connectivity index (χ4v) is 7.36. The van der Waals surface area contributed by atoms with Gasteiger partial charge in [-0.15, -0.1) is 0 Å². The van der Waals surface area contributed by atoms with Crippen molar-refractivity contribution in [3.63, 3.8) is 0 Å². The number of fused-ring (bicyclic) bond motifs is 1. The number of allylic oxidation sites excluding steroid dienone is 3. The molecular weight excluding hydrogens is 398 g/mol. The van der Waals surface area contributed by atoms with E-state index in [9.17, 15) is 10.2 Å². The van der Waals surface area contributed by atoms with Crippen LogP contribution in [-0.4, -0.2) is 59.2 Å². The van der Waals surface area contributed by atoms with Crippen molar-refractivity contribution >= 4 is 0 Å². The molecule has 32 heavy (non-hydrogen) atoms. The third kappa shape index (κ3) is 4.80. The second-order valence-electron chi connectivity index (χ2n) is 11.6. The van der Waals surface area contributed by atoms with E-state index in [4.69, 9.17) is 4.74 Å². The Morgan fingerprint density at radius 3 is 2.62 bits per heavy atom. The van der Waals surface area contributed by atoms with Gasteiger partial charge in [-0.25, -0.2) is 0 Å². The van der Waals surface area contributed by atoms with E-state index in [1.165, 1.54) is 38.6 Å². The van der Waals surface area contributed by atoms with Crippen molar-refractivity contribution in [1.29, 1.82) is 0 Å². The van der Waals surface area contributed by atoms with Crippen LogP contribution in [-0.2, 0) is 4.74 Å². The summed E-state index contributed by atoms with van der Waals surface area (Å²) >= 11 is 0. The van der Waals surface area contributed by atoms with E-state index in [2.05, 4.69) is 51.3 Å². The average molecular weight is 444 g/mol. The smallest absolute Gasteiger partial charge is 0.0809 e. The first-order valence-electron chi connectivity index (χ1n) is 13.0. The molecule has 2 N–H and O–H groups in total. The van der Waals surface area contributed by atoms with E-state index in [0.717, 1.165) is 24.6 Å². The van der Waals surface area contributed by atoms with Gasteiger partial charge in [0.2, 0.25) is 0 Å². The van der Waals surface area contributed by atoms with Gasteiger partial charge in [-0.1, -0.05) is 43.7 Å². The summed E-state index contributed by atoms with van der Waals surface area (Å²) in [5.41, 5.74) is 3.71. The van der Waals surface area contributed by atoms with Crippen molar-refractivity contribution in [1.82, 2.24) is 4.90 Å². The first-order chi connectivity index (χ1) is 15.2. The van der Waals surface area contributed by atoms with Crippen LogP contribution in [0.5, 0.6) is 0 Å². The summed E-state index contributed by atoms with van der Waals surface area (Å²) in [4.78, 5) is 2.66. The van der Waals surface area contributed by atoms with Crippen LogP contribution >= 0.6 is 0 Å². The molecule has 0 aromatic heterocycles. The highest BCUT2D eigenvalue weighted by Crippen LogP contribution is 2.59. The van der Waals surface area contributed by atoms with Crippen LogP contribution in [0.3, 0.4) is 0 Å². The normalized spacial score (nSPS) is 43.4. The monoisotopic (exact) mass is 443 g/mol. The van der Waals surface area contributed by atoms with E-state index in [1.807, 2.05) is 0 Å². The maximum Gasteiger partial charge on any atom is 0.0809 e. The Bertz CT molecular complexity index is 742. The Labute approximate surface area is 195 Å². The van der Waals surface area contributed by atoms with Gasteiger partial charge in [0, 0.05) is 19.1 Å². The van der Waals surface area contributed by atoms with Gasteiger partial charge < -0.3 is 14.9 Å². The van der Waals surface area contributed by atoms with Gasteiger partial charge in [0.15, 0.2) is 0 Å². The van der Waals surface area contributed by atoms with Gasteiger partial charge in [0.1, 0.15) is 0 Å². The van der Waals surface area contributed by atoms with Crippen LogP contribution in [0.1, 0.15) is 72.6 Å². The first-order valence-corrected chi connectivity index (χ1v) is 13.0. The molecule has 4 fully saturated rings. The lowest BCUT2D eigenvalue weighted by Gasteiger charge is -2.46. The molecule has 0 unspecified atom stereocenters. The van der Waals surface area contributed by atoms with Crippen LogP contribution < -0.4 is 0 Å². The summed E-state index contributed by atoms with van der Waals surface area (Å²) in [5, 5.41) is 20.4. The molecule has 0 spiro atoms. The summed E-state index contributed by atoms with van der Waals surface area (Å²) < 4.78 is 5.85. The van der Waals surface area contributed by atoms with Crippen LogP contribution in [0, 0.1) is 23.2 Å². The molecule has 4 heteroatoms. The molecule has 180 valence electrons. The maximum atomic E-state index is 10.2. The van der Waals surface area contributed by atoms with Crippen molar-refractivity contribution in [2.75, 3.05) is 19.7 Å². The van der Waals surface area contributed by atoms with Crippen LogP contribution in [0.25, 0.3) is 0 Å². The van der Waals surface area contributed by atoms with E-state index in [0.29, 0.717) is 47.8 Å². The standard InChI is InChI=1S/C28H45NO3/c1-18(15-29-16-20(3)32-17-19(29)2)24-10-11-25-23(7-6-12-28(24,25)5)9-8-22-13-26(30)21(4)27(31)14-22/h8-9,18-20,24-27,30-31H,4,6-7,10-17H2,1-3,5H3/b23-9+/t18-,19-,20-,24-,25+,26-,27-,28-/m1/s1. The Morgan fingerprint density at radius 2 is 1.91 bits per heavy atom. The molecule has 1 aliphatic heterocycles. The molecule has 0 amide bonds. The zero-order chi connectivity index (χ0) is 23.0. The molecule has 0 radical (unpaired) electrons. The van der Waals surface area contributed by atoms with Gasteiger partial charge in [-0.2, -0.15) is 0 Å². The van der Waals surface area contributed by atoms with Gasteiger partial charge >= 0.3 is 0 Å². The van der Waals surface area contributed by atoms with E-state index < -0.39 is 12.2 Å². The molecule has 1 saturated heterocycles. The first kappa shape index (κ1) is 24.2. The summed E-state index contributed by atoms with van der Waals surface area (Å²) in [6, 6.07) is 0.518. The lowest BCUT2D eigenvalue weighted by Crippen LogP contribution is -2.50. The summed E-state index contributed by atoms with van der Waals surface area (Å²) in [7, 11) is 0. The molecule has 4 aliphatic rings. The Hall–Kier alpha value is -0.940. The number of ether oxygens (including phenoxy) is 1. The molecule has 0 aromatic rings. The third-order valence-electron chi connectivity index (χ3n) is 9.28. The number of hydrogen-bond acceptors (Lipinski definition) is 4. The van der Waals surface area contributed by atoms with Crippen LogP contribution in [0.15, 0.2) is 35.5 Å². The zero-order valence-corrected chi connectivity index (χ0v) is 20.7. The van der Waals surface area contributed by atoms with E-state index in [-0.39, 0.29) is 0 Å². The number of hydrogen-bond donors (Lipinski definition) is 2. The SMILES string of the molecule is C=C1[C@H](O)CC(=C/C=C2\CCC[C@]3(C)[C@@H]([C@H](C)CN4C[C@@H](C)OC[C@H]4C)CC[C@@H]23)C[C@H]1O. The number of rotatable bonds is 4. The molecule has 3 aliphatic carbocycles. The summed E-state index contributed by atoms with van der Waals surface area (Å²) in [6.45, 7) is 16.5. The summed E-state index contributed by atoms with van der Waals surface area (Å²) in [5.74, 6) is 2.15. The highest BCUT2D eigenvalue weighted by Gasteiger charge is 2.51. The minimum absolute atomic E-state index is 0.344. The number of nitrogens with zero attached hydrogens (tertiary/aromatic N) is 1. The number of morpholine rings is 1. The van der Waals surface area contributed by atoms with Gasteiger partial charge in [0.05, 0.1) is 24.9 Å². The fourth-order valence-electron chi connectivity index (χ4n) is 7.36. The van der Waals surface area contributed by atoms with Crippen molar-refractivity contribution < 1.29 is 14.9 Å². The number of aliphatic hydroxyl groups is 2. The molecule has 4 rings (SSSR count). The Morgan fingerprint density at radius 1 is 1.19 bits per heavy atom. The predicted octanol–water partition coefficient (Wildman–Crippen LogP) is 4.87. The lowest BCUT2D eigenvalue weighted by atomic mass is 9.61. The van der Waals surface area contributed by atoms with E-state index >= 15 is 0 Å². The molecule has 4 nitrogen and oxygen atoms in total. The molecular formula is C28H45NO3. The minimum atomic E-state index is -0.609. The topological polar surface area (TPSA) is 52.9 Å². The molecule has 0 bridgehead atoms. The highest BCUT2D eigenvalue weighted by atomic mass is 16.5. The predicted molar refractivity (Wildman–Crippen MR) is 130 cm³/mol. The van der Waals surface area contributed by atoms with E-state index in [1.54, 1.807) is 5.57 Å². The molecule has 8 atom stereocenters. The summed E-state index contributed by atoms with van der Waals surface area (Å²) in [6.07, 6.45) is 11.3. The highest BCUT2D eigenvalue weighted by molar-refractivity contribution is 5.29. The largest absolute Gasteiger partial charge is 0.388 e. The second kappa shape index (κ2) is 9.74. The van der Waals surface area contributed by atoms with Gasteiger partial charge in [-0.3, -0.25) is 4.90 Å². The van der Waals surface area contributed by atoms with Gasteiger partial charge in [0.25, 0.3) is 0 Å². The van der Waals surface area contributed by atoms with Crippen molar-refractivity contribution in [2.45, 2.75) is 97.0 Å². The average Bonchev–Trinajstić information content (AvgIpc) is 3.10. The maximum absolute atomic E-state index is 10.2. The number of aliphatic hydroxyl groups excluding tert-OH is 2. The van der Waals surface area contributed by atoms with Crippen molar-refractivity contribution in [3.05, 3.63) is 35.5 Å². The van der Waals surface area contributed by atoms with Gasteiger partial charge in [-0.05, 0) is 87.5 Å². The molecule has 1 heterocycles. The second-order valence-corrected chi connectivity index (χ2v) is 11.6. The fraction of sp³-hybridized carbons (Fsp3) is 0.786. The van der Waals surface area contributed by atoms with Crippen LogP contribution in [0.2, 0.25) is 0 Å².